The third-order valence-corrected chi connectivity index (χ3v) is 4.42. The van der Waals surface area contributed by atoms with E-state index < -0.39 is 18.3 Å². The third-order valence-electron chi connectivity index (χ3n) is 4.42. The Labute approximate surface area is 151 Å². The Balaban J connectivity index is 2.15. The molecule has 0 aliphatic heterocycles. The Morgan fingerprint density at radius 3 is 2.42 bits per heavy atom. The van der Waals surface area contributed by atoms with Gasteiger partial charge in [0, 0.05) is 5.56 Å². The van der Waals surface area contributed by atoms with Gasteiger partial charge in [0.05, 0.1) is 6.10 Å². The Hall–Kier alpha value is -1.66. The molecule has 1 fully saturated rings. The first kappa shape index (κ1) is 20.6. The number of ether oxygens (including phenoxy) is 3. The standard InChI is InChI=1S/C19H26F4O3/c1-3-4-7-14(20)12-24-16-10-11-17(25-15-8-5-6-9-15)18(13(16)2)26-19(21,22)23/h10-11,14-15H,3-9,12H2,1-2H3. The zero-order valence-electron chi connectivity index (χ0n) is 15.2. The molecule has 0 N–H and O–H groups in total. The highest BCUT2D eigenvalue weighted by molar-refractivity contribution is 5.53. The average Bonchev–Trinajstić information content (AvgIpc) is 3.07. The van der Waals surface area contributed by atoms with Crippen molar-refractivity contribution in [1.29, 1.82) is 0 Å². The number of unbranched alkanes of at least 4 members (excludes halogenated alkanes) is 1. The second-order valence-corrected chi connectivity index (χ2v) is 6.64. The van der Waals surface area contributed by atoms with E-state index in [1.165, 1.54) is 19.1 Å². The van der Waals surface area contributed by atoms with Crippen molar-refractivity contribution in [3.05, 3.63) is 17.7 Å². The fraction of sp³-hybridized carbons (Fsp3) is 0.684. The van der Waals surface area contributed by atoms with E-state index in [2.05, 4.69) is 4.74 Å². The van der Waals surface area contributed by atoms with E-state index in [9.17, 15) is 17.6 Å². The van der Waals surface area contributed by atoms with Crippen molar-refractivity contribution in [1.82, 2.24) is 0 Å². The molecule has 0 radical (unpaired) electrons. The number of rotatable bonds is 9. The molecular weight excluding hydrogens is 352 g/mol. The van der Waals surface area contributed by atoms with Gasteiger partial charge in [-0.15, -0.1) is 13.2 Å². The summed E-state index contributed by atoms with van der Waals surface area (Å²) >= 11 is 0. The molecule has 0 saturated heterocycles. The minimum atomic E-state index is -4.85. The summed E-state index contributed by atoms with van der Waals surface area (Å²) in [6, 6.07) is 2.91. The summed E-state index contributed by atoms with van der Waals surface area (Å²) in [5.41, 5.74) is 0.153. The van der Waals surface area contributed by atoms with E-state index >= 15 is 0 Å². The molecule has 0 heterocycles. The van der Waals surface area contributed by atoms with Crippen LogP contribution in [0.2, 0.25) is 0 Å². The summed E-state index contributed by atoms with van der Waals surface area (Å²) < 4.78 is 67.5. The monoisotopic (exact) mass is 378 g/mol. The highest BCUT2D eigenvalue weighted by Crippen LogP contribution is 2.41. The molecular formula is C19H26F4O3. The van der Waals surface area contributed by atoms with Gasteiger partial charge in [-0.2, -0.15) is 0 Å². The summed E-state index contributed by atoms with van der Waals surface area (Å²) in [6.45, 7) is 3.22. The molecule has 3 nitrogen and oxygen atoms in total. The Morgan fingerprint density at radius 1 is 1.15 bits per heavy atom. The van der Waals surface area contributed by atoms with Crippen molar-refractivity contribution < 1.29 is 31.8 Å². The summed E-state index contributed by atoms with van der Waals surface area (Å²) in [4.78, 5) is 0. The first-order valence-electron chi connectivity index (χ1n) is 9.13. The summed E-state index contributed by atoms with van der Waals surface area (Å²) in [5, 5.41) is 0. The average molecular weight is 378 g/mol. The first-order valence-corrected chi connectivity index (χ1v) is 9.13. The van der Waals surface area contributed by atoms with Gasteiger partial charge < -0.3 is 14.2 Å². The van der Waals surface area contributed by atoms with E-state index in [4.69, 9.17) is 9.47 Å². The van der Waals surface area contributed by atoms with Crippen LogP contribution < -0.4 is 14.2 Å². The van der Waals surface area contributed by atoms with Gasteiger partial charge in [-0.25, -0.2) is 4.39 Å². The van der Waals surface area contributed by atoms with Crippen LogP contribution in [0.4, 0.5) is 17.6 Å². The largest absolute Gasteiger partial charge is 0.573 e. The SMILES string of the molecule is CCCCC(F)COc1ccc(OC2CCCC2)c(OC(F)(F)F)c1C. The van der Waals surface area contributed by atoms with E-state index in [1.807, 2.05) is 6.92 Å². The van der Waals surface area contributed by atoms with Gasteiger partial charge in [-0.05, 0) is 51.2 Å². The van der Waals surface area contributed by atoms with Crippen LogP contribution in [-0.4, -0.2) is 25.2 Å². The van der Waals surface area contributed by atoms with Crippen molar-refractivity contribution in [2.24, 2.45) is 0 Å². The van der Waals surface area contributed by atoms with Crippen LogP contribution >= 0.6 is 0 Å². The van der Waals surface area contributed by atoms with Gasteiger partial charge in [0.25, 0.3) is 0 Å². The van der Waals surface area contributed by atoms with Crippen LogP contribution in [0, 0.1) is 6.92 Å². The van der Waals surface area contributed by atoms with Crippen molar-refractivity contribution >= 4 is 0 Å². The molecule has 1 aliphatic carbocycles. The highest BCUT2D eigenvalue weighted by atomic mass is 19.4. The van der Waals surface area contributed by atoms with Crippen molar-refractivity contribution in [2.75, 3.05) is 6.61 Å². The quantitative estimate of drug-likeness (QED) is 0.484. The van der Waals surface area contributed by atoms with Gasteiger partial charge in [0.15, 0.2) is 11.5 Å². The second kappa shape index (κ2) is 9.33. The van der Waals surface area contributed by atoms with Crippen LogP contribution in [0.3, 0.4) is 0 Å². The van der Waals surface area contributed by atoms with Gasteiger partial charge in [0.2, 0.25) is 0 Å². The fourth-order valence-corrected chi connectivity index (χ4v) is 3.02. The van der Waals surface area contributed by atoms with Crippen LogP contribution in [-0.2, 0) is 0 Å². The Morgan fingerprint density at radius 2 is 1.81 bits per heavy atom. The maximum atomic E-state index is 13.8. The zero-order chi connectivity index (χ0) is 19.2. The van der Waals surface area contributed by atoms with Crippen molar-refractivity contribution in [3.63, 3.8) is 0 Å². The lowest BCUT2D eigenvalue weighted by atomic mass is 10.1. The van der Waals surface area contributed by atoms with E-state index in [1.54, 1.807) is 0 Å². The fourth-order valence-electron chi connectivity index (χ4n) is 3.02. The third kappa shape index (κ3) is 6.25. The molecule has 0 spiro atoms. The Bertz CT molecular complexity index is 569. The Kier molecular flexibility index (Phi) is 7.41. The molecule has 0 amide bonds. The highest BCUT2D eigenvalue weighted by Gasteiger charge is 2.34. The lowest BCUT2D eigenvalue weighted by Crippen LogP contribution is -2.20. The minimum absolute atomic E-state index is 0.0434. The van der Waals surface area contributed by atoms with Crippen LogP contribution in [0.25, 0.3) is 0 Å². The lowest BCUT2D eigenvalue weighted by Gasteiger charge is -2.21. The molecule has 148 valence electrons. The number of hydrogen-bond donors (Lipinski definition) is 0. The molecule has 1 saturated carbocycles. The number of halogens is 4. The van der Waals surface area contributed by atoms with E-state index in [0.29, 0.717) is 6.42 Å². The molecule has 1 aromatic carbocycles. The molecule has 26 heavy (non-hydrogen) atoms. The summed E-state index contributed by atoms with van der Waals surface area (Å²) in [5.74, 6) is -0.199. The van der Waals surface area contributed by atoms with E-state index in [0.717, 1.165) is 38.5 Å². The van der Waals surface area contributed by atoms with Crippen molar-refractivity contribution in [3.8, 4) is 17.2 Å². The molecule has 7 heteroatoms. The van der Waals surface area contributed by atoms with Gasteiger partial charge in [0.1, 0.15) is 18.5 Å². The normalized spacial score (nSPS) is 16.5. The molecule has 2 rings (SSSR count). The maximum Gasteiger partial charge on any atom is 0.573 e. The predicted molar refractivity (Wildman–Crippen MR) is 90.7 cm³/mol. The first-order chi connectivity index (χ1) is 12.3. The van der Waals surface area contributed by atoms with Gasteiger partial charge in [-0.1, -0.05) is 19.8 Å². The molecule has 1 aliphatic rings. The smallest absolute Gasteiger partial charge is 0.490 e. The molecule has 0 aromatic heterocycles. The van der Waals surface area contributed by atoms with Crippen LogP contribution in [0.15, 0.2) is 12.1 Å². The molecule has 1 aromatic rings. The summed E-state index contributed by atoms with van der Waals surface area (Å²) in [6.07, 6.45) is -0.530. The van der Waals surface area contributed by atoms with Gasteiger partial charge >= 0.3 is 6.36 Å². The lowest BCUT2D eigenvalue weighted by molar-refractivity contribution is -0.275. The van der Waals surface area contributed by atoms with Crippen LogP contribution in [0.1, 0.15) is 57.4 Å². The predicted octanol–water partition coefficient (Wildman–Crippen LogP) is 6.12. The number of hydrogen-bond acceptors (Lipinski definition) is 3. The van der Waals surface area contributed by atoms with Gasteiger partial charge in [-0.3, -0.25) is 0 Å². The molecule has 1 atom stereocenters. The topological polar surface area (TPSA) is 27.7 Å². The van der Waals surface area contributed by atoms with Crippen molar-refractivity contribution in [2.45, 2.75) is 77.4 Å². The number of alkyl halides is 4. The second-order valence-electron chi connectivity index (χ2n) is 6.64. The number of benzene rings is 1. The maximum absolute atomic E-state index is 13.8. The van der Waals surface area contributed by atoms with E-state index in [-0.39, 0.29) is 29.8 Å². The van der Waals surface area contributed by atoms with Crippen LogP contribution in [0.5, 0.6) is 17.2 Å². The molecule has 1 unspecified atom stereocenters. The summed E-state index contributed by atoms with van der Waals surface area (Å²) in [7, 11) is 0. The zero-order valence-corrected chi connectivity index (χ0v) is 15.2. The molecule has 0 bridgehead atoms. The minimum Gasteiger partial charge on any atom is -0.490 e.